The van der Waals surface area contributed by atoms with Gasteiger partial charge >= 0.3 is 29.6 Å². The maximum absolute atomic E-state index is 10.6. The van der Waals surface area contributed by atoms with Crippen molar-refractivity contribution in [3.63, 3.8) is 0 Å². The first-order valence-electron chi connectivity index (χ1n) is 2.94. The quantitative estimate of drug-likeness (QED) is 0.401. The molecule has 1 aromatic rings. The maximum Gasteiger partial charge on any atom is 1.00 e. The standard InChI is InChI=1S/C8H10O.Na/c1-6-3-4-8(9)5-7(6)2;/h3-5,9H,1-2H3;/q;+1/p-1. The van der Waals surface area contributed by atoms with Gasteiger partial charge in [-0.05, 0) is 25.0 Å². The molecule has 0 saturated carbocycles. The molecule has 0 aromatic heterocycles. The second kappa shape index (κ2) is 4.02. The molecule has 0 aliphatic rings. The fourth-order valence-electron chi connectivity index (χ4n) is 0.714. The summed E-state index contributed by atoms with van der Waals surface area (Å²) in [6, 6.07) is 5.08. The fourth-order valence-corrected chi connectivity index (χ4v) is 0.714. The molecule has 1 aromatic carbocycles. The van der Waals surface area contributed by atoms with Crippen molar-refractivity contribution in [3.05, 3.63) is 29.3 Å². The van der Waals surface area contributed by atoms with Crippen LogP contribution in [0.25, 0.3) is 0 Å². The van der Waals surface area contributed by atoms with Crippen LogP contribution in [0.1, 0.15) is 11.1 Å². The average molecular weight is 144 g/mol. The summed E-state index contributed by atoms with van der Waals surface area (Å²) in [5.41, 5.74) is 2.25. The van der Waals surface area contributed by atoms with E-state index in [1.54, 1.807) is 12.1 Å². The molecule has 0 atom stereocenters. The summed E-state index contributed by atoms with van der Waals surface area (Å²) < 4.78 is 0. The summed E-state index contributed by atoms with van der Waals surface area (Å²) >= 11 is 0. The third-order valence-electron chi connectivity index (χ3n) is 1.48. The first-order chi connectivity index (χ1) is 4.20. The van der Waals surface area contributed by atoms with Crippen molar-refractivity contribution < 1.29 is 34.7 Å². The van der Waals surface area contributed by atoms with Crippen LogP contribution in [0.4, 0.5) is 0 Å². The summed E-state index contributed by atoms with van der Waals surface area (Å²) in [6.45, 7) is 3.94. The van der Waals surface area contributed by atoms with Gasteiger partial charge in [-0.3, -0.25) is 0 Å². The van der Waals surface area contributed by atoms with Gasteiger partial charge in [0.2, 0.25) is 0 Å². The van der Waals surface area contributed by atoms with Gasteiger partial charge in [-0.15, -0.1) is 5.75 Å². The molecule has 1 nitrogen and oxygen atoms in total. The van der Waals surface area contributed by atoms with E-state index in [2.05, 4.69) is 0 Å². The Morgan fingerprint density at radius 2 is 1.70 bits per heavy atom. The Bertz CT molecular complexity index is 220. The van der Waals surface area contributed by atoms with Crippen LogP contribution in [-0.4, -0.2) is 0 Å². The SMILES string of the molecule is Cc1ccc([O-])cc1C.[Na+]. The molecule has 2 heteroatoms. The second-order valence-corrected chi connectivity index (χ2v) is 2.25. The first kappa shape index (κ1) is 10.0. The topological polar surface area (TPSA) is 23.1 Å². The van der Waals surface area contributed by atoms with Gasteiger partial charge in [-0.25, -0.2) is 0 Å². The smallest absolute Gasteiger partial charge is 0.872 e. The third kappa shape index (κ3) is 2.33. The largest absolute Gasteiger partial charge is 1.00 e. The molecule has 0 spiro atoms. The molecule has 1 rings (SSSR count). The third-order valence-corrected chi connectivity index (χ3v) is 1.48. The predicted molar refractivity (Wildman–Crippen MR) is 35.4 cm³/mol. The Kier molecular flexibility index (Phi) is 4.02. The molecule has 10 heavy (non-hydrogen) atoms. The molecule has 0 aliphatic carbocycles. The summed E-state index contributed by atoms with van der Waals surface area (Å²) in [7, 11) is 0. The van der Waals surface area contributed by atoms with Crippen LogP contribution in [0, 0.1) is 13.8 Å². The molecule has 0 fully saturated rings. The summed E-state index contributed by atoms with van der Waals surface area (Å²) in [4.78, 5) is 0. The number of hydrogen-bond acceptors (Lipinski definition) is 1. The molecule has 0 bridgehead atoms. The predicted octanol–water partition coefficient (Wildman–Crippen LogP) is -1.62. The zero-order valence-electron chi connectivity index (χ0n) is 6.64. The van der Waals surface area contributed by atoms with Crippen molar-refractivity contribution in [2.45, 2.75) is 13.8 Å². The van der Waals surface area contributed by atoms with Crippen LogP contribution in [-0.2, 0) is 0 Å². The molecule has 48 valence electrons. The first-order valence-corrected chi connectivity index (χ1v) is 2.94. The van der Waals surface area contributed by atoms with Crippen LogP contribution in [0.5, 0.6) is 5.75 Å². The van der Waals surface area contributed by atoms with Crippen LogP contribution in [0.15, 0.2) is 18.2 Å². The molecule has 0 unspecified atom stereocenters. The van der Waals surface area contributed by atoms with Gasteiger partial charge in [-0.2, -0.15) is 0 Å². The zero-order chi connectivity index (χ0) is 6.85. The molecular formula is C8H9NaO. The van der Waals surface area contributed by atoms with Gasteiger partial charge in [0.25, 0.3) is 0 Å². The van der Waals surface area contributed by atoms with E-state index >= 15 is 0 Å². The number of hydrogen-bond donors (Lipinski definition) is 0. The molecular weight excluding hydrogens is 135 g/mol. The van der Waals surface area contributed by atoms with Crippen LogP contribution in [0.2, 0.25) is 0 Å². The molecule has 0 radical (unpaired) electrons. The molecule has 0 amide bonds. The Morgan fingerprint density at radius 3 is 2.10 bits per heavy atom. The average Bonchev–Trinajstić information content (AvgIpc) is 1.80. The van der Waals surface area contributed by atoms with Gasteiger partial charge in [0, 0.05) is 0 Å². The Hall–Kier alpha value is 0.0200. The van der Waals surface area contributed by atoms with E-state index in [-0.39, 0.29) is 35.3 Å². The monoisotopic (exact) mass is 144 g/mol. The van der Waals surface area contributed by atoms with Gasteiger partial charge in [0.05, 0.1) is 0 Å². The molecule has 0 aliphatic heterocycles. The molecule has 0 saturated heterocycles. The second-order valence-electron chi connectivity index (χ2n) is 2.25. The zero-order valence-corrected chi connectivity index (χ0v) is 8.64. The van der Waals surface area contributed by atoms with Crippen LogP contribution < -0.4 is 34.7 Å². The minimum absolute atomic E-state index is 0. The van der Waals surface area contributed by atoms with Crippen molar-refractivity contribution in [3.8, 4) is 5.75 Å². The van der Waals surface area contributed by atoms with E-state index in [0.717, 1.165) is 5.56 Å². The Morgan fingerprint density at radius 1 is 1.10 bits per heavy atom. The van der Waals surface area contributed by atoms with E-state index in [1.165, 1.54) is 5.56 Å². The van der Waals surface area contributed by atoms with Crippen molar-refractivity contribution in [1.82, 2.24) is 0 Å². The number of benzene rings is 1. The Labute approximate surface area is 83.4 Å². The van der Waals surface area contributed by atoms with Crippen molar-refractivity contribution in [2.24, 2.45) is 0 Å². The van der Waals surface area contributed by atoms with Gasteiger partial charge in [-0.1, -0.05) is 18.2 Å². The van der Waals surface area contributed by atoms with E-state index < -0.39 is 0 Å². The molecule has 0 heterocycles. The van der Waals surface area contributed by atoms with Gasteiger partial charge in [0.15, 0.2) is 0 Å². The molecule has 0 N–H and O–H groups in total. The van der Waals surface area contributed by atoms with Gasteiger partial charge in [0.1, 0.15) is 0 Å². The fraction of sp³-hybridized carbons (Fsp3) is 0.250. The van der Waals surface area contributed by atoms with Crippen molar-refractivity contribution in [2.75, 3.05) is 0 Å². The minimum atomic E-state index is 0. The summed E-state index contributed by atoms with van der Waals surface area (Å²) in [5, 5.41) is 10.6. The van der Waals surface area contributed by atoms with Crippen LogP contribution >= 0.6 is 0 Å². The normalized spacial score (nSPS) is 8.60. The van der Waals surface area contributed by atoms with E-state index in [0.29, 0.717) is 0 Å². The number of rotatable bonds is 0. The summed E-state index contributed by atoms with van der Waals surface area (Å²) in [5.74, 6) is 0.0955. The van der Waals surface area contributed by atoms with E-state index in [9.17, 15) is 5.11 Å². The number of aryl methyl sites for hydroxylation is 2. The van der Waals surface area contributed by atoms with E-state index in [4.69, 9.17) is 0 Å². The Balaban J connectivity index is 0.000000810. The van der Waals surface area contributed by atoms with Crippen LogP contribution in [0.3, 0.4) is 0 Å². The van der Waals surface area contributed by atoms with Crippen molar-refractivity contribution in [1.29, 1.82) is 0 Å². The van der Waals surface area contributed by atoms with E-state index in [1.807, 2.05) is 19.9 Å². The summed E-state index contributed by atoms with van der Waals surface area (Å²) in [6.07, 6.45) is 0. The maximum atomic E-state index is 10.6. The minimum Gasteiger partial charge on any atom is -0.872 e. The van der Waals surface area contributed by atoms with Gasteiger partial charge < -0.3 is 5.11 Å². The van der Waals surface area contributed by atoms with Crippen molar-refractivity contribution >= 4 is 0 Å².